The van der Waals surface area contributed by atoms with Crippen molar-refractivity contribution in [3.05, 3.63) is 47.4 Å². The van der Waals surface area contributed by atoms with Crippen LogP contribution in [0.15, 0.2) is 44.4 Å². The Kier molecular flexibility index (Phi) is 5.98. The smallest absolute Gasteiger partial charge is 0.409 e. The van der Waals surface area contributed by atoms with Gasteiger partial charge in [-0.05, 0) is 43.7 Å². The number of nitrogens with zero attached hydrogens (tertiary/aromatic N) is 3. The van der Waals surface area contributed by atoms with E-state index in [2.05, 4.69) is 4.98 Å². The van der Waals surface area contributed by atoms with Gasteiger partial charge in [0.1, 0.15) is 11.3 Å². The summed E-state index contributed by atoms with van der Waals surface area (Å²) in [6, 6.07) is 9.35. The highest BCUT2D eigenvalue weighted by Gasteiger charge is 2.27. The number of aryl methyl sites for hydroxylation is 1. The molecule has 1 aliphatic heterocycles. The summed E-state index contributed by atoms with van der Waals surface area (Å²) in [6.45, 7) is 5.93. The van der Waals surface area contributed by atoms with Crippen molar-refractivity contribution in [3.63, 3.8) is 0 Å². The van der Waals surface area contributed by atoms with Crippen molar-refractivity contribution in [2.75, 3.05) is 32.8 Å². The van der Waals surface area contributed by atoms with Crippen molar-refractivity contribution in [1.29, 1.82) is 0 Å². The van der Waals surface area contributed by atoms with Gasteiger partial charge in [0.05, 0.1) is 12.4 Å². The molecule has 2 amide bonds. The number of amides is 2. The maximum atomic E-state index is 12.7. The molecule has 3 heterocycles. The molecule has 0 aliphatic carbocycles. The molecule has 158 valence electrons. The Bertz CT molecular complexity index is 1050. The van der Waals surface area contributed by atoms with Crippen LogP contribution in [0.2, 0.25) is 0 Å². The lowest BCUT2D eigenvalue weighted by molar-refractivity contribution is 0.0545. The number of carbonyl (C=O) groups excluding carboxylic acids is 2. The van der Waals surface area contributed by atoms with Gasteiger partial charge in [-0.25, -0.2) is 9.78 Å². The number of fused-ring (bicyclic) bond motifs is 1. The molecule has 8 nitrogen and oxygen atoms in total. The fourth-order valence-electron chi connectivity index (χ4n) is 3.24. The zero-order chi connectivity index (χ0) is 21.1. The molecule has 0 atom stereocenters. The zero-order valence-corrected chi connectivity index (χ0v) is 17.7. The first-order chi connectivity index (χ1) is 14.5. The van der Waals surface area contributed by atoms with E-state index >= 15 is 0 Å². The van der Waals surface area contributed by atoms with E-state index in [1.165, 1.54) is 11.8 Å². The molecule has 1 aliphatic rings. The van der Waals surface area contributed by atoms with E-state index in [1.807, 2.05) is 25.1 Å². The maximum absolute atomic E-state index is 12.7. The zero-order valence-electron chi connectivity index (χ0n) is 16.9. The molecule has 9 heteroatoms. The fourth-order valence-corrected chi connectivity index (χ4v) is 3.98. The molecule has 3 aromatic rings. The first-order valence-corrected chi connectivity index (χ1v) is 10.8. The second kappa shape index (κ2) is 8.83. The monoisotopic (exact) mass is 429 g/mol. The predicted octanol–water partition coefficient (Wildman–Crippen LogP) is 3.94. The van der Waals surface area contributed by atoms with E-state index in [9.17, 15) is 9.59 Å². The van der Waals surface area contributed by atoms with Crippen LogP contribution in [0.3, 0.4) is 0 Å². The number of rotatable bonds is 5. The van der Waals surface area contributed by atoms with Crippen molar-refractivity contribution < 1.29 is 23.2 Å². The Hall–Kier alpha value is -2.94. The summed E-state index contributed by atoms with van der Waals surface area (Å²) in [5, 5.41) is 0.565. The molecule has 2 aromatic heterocycles. The highest BCUT2D eigenvalue weighted by Crippen LogP contribution is 2.27. The highest BCUT2D eigenvalue weighted by molar-refractivity contribution is 7.98. The van der Waals surface area contributed by atoms with Crippen molar-refractivity contribution in [1.82, 2.24) is 14.8 Å². The minimum Gasteiger partial charge on any atom is -0.455 e. The Labute approximate surface area is 178 Å². The van der Waals surface area contributed by atoms with Gasteiger partial charge in [-0.2, -0.15) is 0 Å². The van der Waals surface area contributed by atoms with Gasteiger partial charge in [0.2, 0.25) is 0 Å². The Morgan fingerprint density at radius 1 is 1.10 bits per heavy atom. The minimum absolute atomic E-state index is 0.174. The van der Waals surface area contributed by atoms with Gasteiger partial charge in [-0.1, -0.05) is 17.8 Å². The SMILES string of the molecule is CCOC(=O)N1CCN(C(=O)c2ccc(CSc3nc4cc(C)ccc4o3)o2)CC1. The van der Waals surface area contributed by atoms with E-state index < -0.39 is 0 Å². The van der Waals surface area contributed by atoms with Crippen molar-refractivity contribution >= 4 is 34.9 Å². The first kappa shape index (κ1) is 20.3. The van der Waals surface area contributed by atoms with Crippen molar-refractivity contribution in [2.45, 2.75) is 24.8 Å². The van der Waals surface area contributed by atoms with Crippen LogP contribution in [0.1, 0.15) is 28.8 Å². The summed E-state index contributed by atoms with van der Waals surface area (Å²) >= 11 is 1.42. The van der Waals surface area contributed by atoms with Crippen molar-refractivity contribution in [3.8, 4) is 0 Å². The highest BCUT2D eigenvalue weighted by atomic mass is 32.2. The Morgan fingerprint density at radius 3 is 2.63 bits per heavy atom. The number of ether oxygens (including phenoxy) is 1. The molecule has 0 radical (unpaired) electrons. The van der Waals surface area contributed by atoms with Crippen LogP contribution in [0.4, 0.5) is 4.79 Å². The number of oxazole rings is 1. The lowest BCUT2D eigenvalue weighted by Crippen LogP contribution is -2.50. The number of thioether (sulfide) groups is 1. The third kappa shape index (κ3) is 4.46. The molecule has 0 N–H and O–H groups in total. The van der Waals surface area contributed by atoms with Crippen LogP contribution in [0.5, 0.6) is 0 Å². The summed E-state index contributed by atoms with van der Waals surface area (Å²) in [6.07, 6.45) is -0.337. The number of carbonyl (C=O) groups is 2. The molecule has 1 saturated heterocycles. The first-order valence-electron chi connectivity index (χ1n) is 9.83. The van der Waals surface area contributed by atoms with E-state index in [0.717, 1.165) is 16.7 Å². The van der Waals surface area contributed by atoms with Gasteiger partial charge in [-0.3, -0.25) is 4.79 Å². The third-order valence-electron chi connectivity index (χ3n) is 4.83. The Morgan fingerprint density at radius 2 is 1.87 bits per heavy atom. The Balaban J connectivity index is 1.32. The van der Waals surface area contributed by atoms with E-state index in [0.29, 0.717) is 55.3 Å². The number of hydrogen-bond acceptors (Lipinski definition) is 7. The molecule has 30 heavy (non-hydrogen) atoms. The fraction of sp³-hybridized carbons (Fsp3) is 0.381. The molecule has 0 unspecified atom stereocenters. The van der Waals surface area contributed by atoms with Crippen LogP contribution >= 0.6 is 11.8 Å². The maximum Gasteiger partial charge on any atom is 0.409 e. The quantitative estimate of drug-likeness (QED) is 0.568. The van der Waals surface area contributed by atoms with Gasteiger partial charge in [0.25, 0.3) is 11.1 Å². The van der Waals surface area contributed by atoms with Crippen LogP contribution in [0.25, 0.3) is 11.1 Å². The molecule has 1 fully saturated rings. The van der Waals surface area contributed by atoms with Gasteiger partial charge < -0.3 is 23.4 Å². The number of piperazine rings is 1. The topological polar surface area (TPSA) is 89.0 Å². The van der Waals surface area contributed by atoms with Crippen LogP contribution < -0.4 is 0 Å². The predicted molar refractivity (Wildman–Crippen MR) is 112 cm³/mol. The van der Waals surface area contributed by atoms with Gasteiger partial charge in [0.15, 0.2) is 11.3 Å². The van der Waals surface area contributed by atoms with Crippen LogP contribution in [0, 0.1) is 6.92 Å². The number of hydrogen-bond donors (Lipinski definition) is 0. The summed E-state index contributed by atoms with van der Waals surface area (Å²) in [7, 11) is 0. The average Bonchev–Trinajstić information content (AvgIpc) is 3.38. The second-order valence-corrected chi connectivity index (χ2v) is 7.91. The number of furan rings is 1. The molecule has 4 rings (SSSR count). The van der Waals surface area contributed by atoms with E-state index in [4.69, 9.17) is 13.6 Å². The number of benzene rings is 1. The number of aromatic nitrogens is 1. The summed E-state index contributed by atoms with van der Waals surface area (Å²) in [5.74, 6) is 1.30. The molecule has 0 spiro atoms. The molecule has 0 bridgehead atoms. The van der Waals surface area contributed by atoms with E-state index in [-0.39, 0.29) is 12.0 Å². The molecule has 0 saturated carbocycles. The van der Waals surface area contributed by atoms with Gasteiger partial charge in [0, 0.05) is 26.2 Å². The summed E-state index contributed by atoms with van der Waals surface area (Å²) < 4.78 is 16.5. The molecular weight excluding hydrogens is 406 g/mol. The summed E-state index contributed by atoms with van der Waals surface area (Å²) in [4.78, 5) is 32.3. The normalized spacial score (nSPS) is 14.3. The standard InChI is InChI=1S/C21H23N3O5S/c1-3-27-21(26)24-10-8-23(9-11-24)19(25)18-7-5-15(28-18)13-30-20-22-16-12-14(2)4-6-17(16)29-20/h4-7,12H,3,8-11,13H2,1-2H3. The second-order valence-electron chi connectivity index (χ2n) is 6.98. The minimum atomic E-state index is -0.337. The lowest BCUT2D eigenvalue weighted by Gasteiger charge is -2.33. The summed E-state index contributed by atoms with van der Waals surface area (Å²) in [5.41, 5.74) is 2.71. The van der Waals surface area contributed by atoms with Crippen LogP contribution in [-0.4, -0.2) is 59.6 Å². The largest absolute Gasteiger partial charge is 0.455 e. The lowest BCUT2D eigenvalue weighted by atomic mass is 10.2. The van der Waals surface area contributed by atoms with Gasteiger partial charge in [-0.15, -0.1) is 0 Å². The van der Waals surface area contributed by atoms with E-state index in [1.54, 1.807) is 28.9 Å². The molecule has 1 aromatic carbocycles. The van der Waals surface area contributed by atoms with Gasteiger partial charge >= 0.3 is 6.09 Å². The molecular formula is C21H23N3O5S. The average molecular weight is 429 g/mol. The van der Waals surface area contributed by atoms with Crippen LogP contribution in [-0.2, 0) is 10.5 Å². The third-order valence-corrected chi connectivity index (χ3v) is 5.68. The van der Waals surface area contributed by atoms with Crippen molar-refractivity contribution in [2.24, 2.45) is 0 Å².